The molecule has 0 aliphatic rings. The Balaban J connectivity index is 3.77. The molecular formula is C7H12F3NO3. The summed E-state index contributed by atoms with van der Waals surface area (Å²) in [5.41, 5.74) is 5.06. The van der Waals surface area contributed by atoms with Crippen molar-refractivity contribution in [2.45, 2.75) is 25.1 Å². The van der Waals surface area contributed by atoms with Crippen LogP contribution in [0, 0.1) is 0 Å². The van der Waals surface area contributed by atoms with Crippen molar-refractivity contribution in [1.82, 2.24) is 0 Å². The van der Waals surface area contributed by atoms with Gasteiger partial charge in [0.25, 0.3) is 0 Å². The largest absolute Gasteiger partial charge is 0.479 e. The first kappa shape index (κ1) is 13.2. The zero-order chi connectivity index (χ0) is 11.2. The molecule has 0 radical (unpaired) electrons. The number of carbonyl (C=O) groups is 1. The highest BCUT2D eigenvalue weighted by Crippen LogP contribution is 2.19. The van der Waals surface area contributed by atoms with Crippen molar-refractivity contribution in [2.24, 2.45) is 5.73 Å². The van der Waals surface area contributed by atoms with Gasteiger partial charge in [0.05, 0.1) is 13.0 Å². The fourth-order valence-corrected chi connectivity index (χ4v) is 0.746. The van der Waals surface area contributed by atoms with Gasteiger partial charge in [0.2, 0.25) is 0 Å². The Morgan fingerprint density at radius 3 is 2.43 bits per heavy atom. The molecule has 0 spiro atoms. The standard InChI is InChI=1S/C7H12F3NO3/c8-7(9,10)2-4-14-5(1-3-11)6(12)13/h5H,1-4,11H2,(H,12,13). The molecule has 84 valence electrons. The Morgan fingerprint density at radius 1 is 1.50 bits per heavy atom. The molecule has 0 aliphatic carbocycles. The second kappa shape index (κ2) is 5.82. The summed E-state index contributed by atoms with van der Waals surface area (Å²) in [6.07, 6.45) is -6.72. The van der Waals surface area contributed by atoms with Gasteiger partial charge in [-0.15, -0.1) is 0 Å². The lowest BCUT2D eigenvalue weighted by Crippen LogP contribution is -2.28. The fourth-order valence-electron chi connectivity index (χ4n) is 0.746. The molecule has 0 aliphatic heterocycles. The van der Waals surface area contributed by atoms with Crippen molar-refractivity contribution < 1.29 is 27.8 Å². The van der Waals surface area contributed by atoms with E-state index in [9.17, 15) is 18.0 Å². The predicted octanol–water partition coefficient (Wildman–Crippen LogP) is 0.757. The molecule has 1 atom stereocenters. The zero-order valence-corrected chi connectivity index (χ0v) is 7.38. The van der Waals surface area contributed by atoms with E-state index in [4.69, 9.17) is 10.8 Å². The number of ether oxygens (including phenoxy) is 1. The lowest BCUT2D eigenvalue weighted by molar-refractivity contribution is -0.163. The number of carboxylic acid groups (broad SMARTS) is 1. The third kappa shape index (κ3) is 6.67. The molecule has 4 nitrogen and oxygen atoms in total. The molecule has 1 unspecified atom stereocenters. The third-order valence-corrected chi connectivity index (χ3v) is 1.41. The van der Waals surface area contributed by atoms with E-state index >= 15 is 0 Å². The van der Waals surface area contributed by atoms with Crippen LogP contribution in [0.3, 0.4) is 0 Å². The van der Waals surface area contributed by atoms with Crippen LogP contribution in [-0.4, -0.2) is 36.5 Å². The van der Waals surface area contributed by atoms with Gasteiger partial charge >= 0.3 is 12.1 Å². The number of alkyl halides is 3. The molecule has 0 aromatic rings. The summed E-state index contributed by atoms with van der Waals surface area (Å²) >= 11 is 0. The van der Waals surface area contributed by atoms with Crippen LogP contribution >= 0.6 is 0 Å². The Hall–Kier alpha value is -0.820. The Labute approximate surface area is 78.8 Å². The van der Waals surface area contributed by atoms with Gasteiger partial charge in [0.15, 0.2) is 6.10 Å². The molecule has 14 heavy (non-hydrogen) atoms. The first-order valence-electron chi connectivity index (χ1n) is 3.98. The van der Waals surface area contributed by atoms with Crippen LogP contribution in [0.15, 0.2) is 0 Å². The third-order valence-electron chi connectivity index (χ3n) is 1.41. The summed E-state index contributed by atoms with van der Waals surface area (Å²) in [4.78, 5) is 10.4. The number of rotatable bonds is 6. The van der Waals surface area contributed by atoms with E-state index in [1.807, 2.05) is 0 Å². The minimum atomic E-state index is -4.33. The minimum Gasteiger partial charge on any atom is -0.479 e. The lowest BCUT2D eigenvalue weighted by atomic mass is 10.2. The maximum Gasteiger partial charge on any atom is 0.391 e. The van der Waals surface area contributed by atoms with E-state index in [0.717, 1.165) is 0 Å². The van der Waals surface area contributed by atoms with E-state index in [2.05, 4.69) is 4.74 Å². The second-order valence-corrected chi connectivity index (χ2v) is 2.64. The van der Waals surface area contributed by atoms with Crippen molar-refractivity contribution in [2.75, 3.05) is 13.2 Å². The molecule has 0 aromatic heterocycles. The van der Waals surface area contributed by atoms with Crippen molar-refractivity contribution in [3.8, 4) is 0 Å². The van der Waals surface area contributed by atoms with Crippen LogP contribution in [0.1, 0.15) is 12.8 Å². The molecule has 0 saturated carbocycles. The number of aliphatic carboxylic acids is 1. The molecule has 0 aromatic carbocycles. The topological polar surface area (TPSA) is 72.5 Å². The van der Waals surface area contributed by atoms with Crippen molar-refractivity contribution in [3.05, 3.63) is 0 Å². The van der Waals surface area contributed by atoms with Crippen LogP contribution in [0.25, 0.3) is 0 Å². The molecule has 0 bridgehead atoms. The molecular weight excluding hydrogens is 203 g/mol. The summed E-state index contributed by atoms with van der Waals surface area (Å²) < 4.78 is 39.4. The predicted molar refractivity (Wildman–Crippen MR) is 41.7 cm³/mol. The smallest absolute Gasteiger partial charge is 0.391 e. The van der Waals surface area contributed by atoms with Gasteiger partial charge in [0, 0.05) is 0 Å². The van der Waals surface area contributed by atoms with Crippen molar-refractivity contribution in [3.63, 3.8) is 0 Å². The van der Waals surface area contributed by atoms with Gasteiger partial charge in [-0.3, -0.25) is 0 Å². The lowest BCUT2D eigenvalue weighted by Gasteiger charge is -2.13. The summed E-state index contributed by atoms with van der Waals surface area (Å²) in [6.45, 7) is -0.594. The number of hydrogen-bond donors (Lipinski definition) is 2. The van der Waals surface area contributed by atoms with Crippen molar-refractivity contribution in [1.29, 1.82) is 0 Å². The first-order chi connectivity index (χ1) is 6.37. The molecule has 0 amide bonds. The number of carboxylic acids is 1. The van der Waals surface area contributed by atoms with E-state index in [-0.39, 0.29) is 13.0 Å². The fraction of sp³-hybridized carbons (Fsp3) is 0.857. The van der Waals surface area contributed by atoms with Crippen LogP contribution in [0.4, 0.5) is 13.2 Å². The van der Waals surface area contributed by atoms with Gasteiger partial charge in [-0.2, -0.15) is 13.2 Å². The van der Waals surface area contributed by atoms with Gasteiger partial charge in [0.1, 0.15) is 0 Å². The number of hydrogen-bond acceptors (Lipinski definition) is 3. The van der Waals surface area contributed by atoms with E-state index in [1.165, 1.54) is 0 Å². The maximum absolute atomic E-state index is 11.6. The quantitative estimate of drug-likeness (QED) is 0.686. The maximum atomic E-state index is 11.6. The van der Waals surface area contributed by atoms with E-state index in [1.54, 1.807) is 0 Å². The molecule has 0 saturated heterocycles. The van der Waals surface area contributed by atoms with Gasteiger partial charge < -0.3 is 15.6 Å². The van der Waals surface area contributed by atoms with Gasteiger partial charge in [-0.1, -0.05) is 0 Å². The normalized spacial score (nSPS) is 14.0. The Morgan fingerprint density at radius 2 is 2.07 bits per heavy atom. The number of halogens is 3. The summed E-state index contributed by atoms with van der Waals surface area (Å²) in [7, 11) is 0. The average Bonchev–Trinajstić information content (AvgIpc) is 2.00. The number of nitrogens with two attached hydrogens (primary N) is 1. The molecule has 0 fully saturated rings. The van der Waals surface area contributed by atoms with E-state index < -0.39 is 31.3 Å². The molecule has 0 heterocycles. The van der Waals surface area contributed by atoms with Gasteiger partial charge in [-0.05, 0) is 13.0 Å². The van der Waals surface area contributed by atoms with E-state index in [0.29, 0.717) is 0 Å². The minimum absolute atomic E-state index is 0.00713. The highest BCUT2D eigenvalue weighted by molar-refractivity contribution is 5.72. The van der Waals surface area contributed by atoms with Crippen LogP contribution in [0.2, 0.25) is 0 Å². The molecule has 3 N–H and O–H groups in total. The van der Waals surface area contributed by atoms with Crippen LogP contribution in [0.5, 0.6) is 0 Å². The van der Waals surface area contributed by atoms with Crippen molar-refractivity contribution >= 4 is 5.97 Å². The van der Waals surface area contributed by atoms with Gasteiger partial charge in [-0.25, -0.2) is 4.79 Å². The van der Waals surface area contributed by atoms with Crippen LogP contribution in [-0.2, 0) is 9.53 Å². The van der Waals surface area contributed by atoms with Crippen LogP contribution < -0.4 is 5.73 Å². The highest BCUT2D eigenvalue weighted by atomic mass is 19.4. The zero-order valence-electron chi connectivity index (χ0n) is 7.38. The highest BCUT2D eigenvalue weighted by Gasteiger charge is 2.28. The first-order valence-corrected chi connectivity index (χ1v) is 3.98. The average molecular weight is 215 g/mol. The summed E-state index contributed by atoms with van der Waals surface area (Å²) in [5.74, 6) is -1.29. The second-order valence-electron chi connectivity index (χ2n) is 2.64. The monoisotopic (exact) mass is 215 g/mol. The molecule has 0 rings (SSSR count). The SMILES string of the molecule is NCCC(OCCC(F)(F)F)C(=O)O. The Bertz CT molecular complexity index is 184. The Kier molecular flexibility index (Phi) is 5.47. The molecule has 7 heteroatoms. The summed E-state index contributed by atoms with van der Waals surface area (Å²) in [6, 6.07) is 0. The summed E-state index contributed by atoms with van der Waals surface area (Å²) in [5, 5.41) is 8.47.